The SMILES string of the molecule is O=C(N/N=C/c1cc(Br)ccc1O)c1cccs1. The molecule has 1 heterocycles. The van der Waals surface area contributed by atoms with Crippen LogP contribution in [0.4, 0.5) is 0 Å². The van der Waals surface area contributed by atoms with E-state index in [0.29, 0.717) is 10.4 Å². The first kappa shape index (κ1) is 12.8. The molecule has 0 fully saturated rings. The fraction of sp³-hybridized carbons (Fsp3) is 0. The second kappa shape index (κ2) is 5.79. The van der Waals surface area contributed by atoms with Crippen LogP contribution in [0.1, 0.15) is 15.2 Å². The molecule has 0 unspecified atom stereocenters. The molecule has 1 aromatic heterocycles. The third kappa shape index (κ3) is 3.18. The third-order valence-corrected chi connectivity index (χ3v) is 3.47. The number of halogens is 1. The van der Waals surface area contributed by atoms with E-state index in [1.165, 1.54) is 17.6 Å². The average molecular weight is 325 g/mol. The Morgan fingerprint density at radius 3 is 3.00 bits per heavy atom. The maximum Gasteiger partial charge on any atom is 0.281 e. The second-order valence-corrected chi connectivity index (χ2v) is 5.24. The Kier molecular flexibility index (Phi) is 4.11. The van der Waals surface area contributed by atoms with Gasteiger partial charge in [0.25, 0.3) is 5.91 Å². The lowest BCUT2D eigenvalue weighted by molar-refractivity contribution is 0.0959. The first-order valence-electron chi connectivity index (χ1n) is 5.02. The minimum atomic E-state index is -0.268. The van der Waals surface area contributed by atoms with Gasteiger partial charge in [0.05, 0.1) is 11.1 Å². The minimum Gasteiger partial charge on any atom is -0.507 e. The van der Waals surface area contributed by atoms with E-state index >= 15 is 0 Å². The van der Waals surface area contributed by atoms with Gasteiger partial charge in [-0.05, 0) is 29.6 Å². The summed E-state index contributed by atoms with van der Waals surface area (Å²) in [6, 6.07) is 8.48. The highest BCUT2D eigenvalue weighted by Gasteiger charge is 2.04. The van der Waals surface area contributed by atoms with Crippen LogP contribution in [0.2, 0.25) is 0 Å². The van der Waals surface area contributed by atoms with E-state index in [2.05, 4.69) is 26.5 Å². The van der Waals surface area contributed by atoms with Gasteiger partial charge in [0, 0.05) is 10.0 Å². The van der Waals surface area contributed by atoms with E-state index in [-0.39, 0.29) is 11.7 Å². The van der Waals surface area contributed by atoms with Crippen LogP contribution in [0, 0.1) is 0 Å². The molecule has 0 aliphatic heterocycles. The summed E-state index contributed by atoms with van der Waals surface area (Å²) in [5, 5.41) is 15.2. The predicted molar refractivity (Wildman–Crippen MR) is 75.2 cm³/mol. The van der Waals surface area contributed by atoms with Gasteiger partial charge in [0.2, 0.25) is 0 Å². The van der Waals surface area contributed by atoms with E-state index in [0.717, 1.165) is 4.47 Å². The predicted octanol–water partition coefficient (Wildman–Crippen LogP) is 2.98. The van der Waals surface area contributed by atoms with Gasteiger partial charge >= 0.3 is 0 Å². The van der Waals surface area contributed by atoms with Gasteiger partial charge in [-0.2, -0.15) is 5.10 Å². The lowest BCUT2D eigenvalue weighted by atomic mass is 10.2. The van der Waals surface area contributed by atoms with Crippen LogP contribution in [0.25, 0.3) is 0 Å². The van der Waals surface area contributed by atoms with Gasteiger partial charge < -0.3 is 5.11 Å². The Morgan fingerprint density at radius 1 is 1.44 bits per heavy atom. The highest BCUT2D eigenvalue weighted by Crippen LogP contribution is 2.19. The number of phenolic OH excluding ortho intramolecular Hbond substituents is 1. The van der Waals surface area contributed by atoms with Crippen molar-refractivity contribution in [2.75, 3.05) is 0 Å². The Labute approximate surface area is 116 Å². The maximum atomic E-state index is 11.6. The van der Waals surface area contributed by atoms with Crippen LogP contribution in [-0.4, -0.2) is 17.2 Å². The summed E-state index contributed by atoms with van der Waals surface area (Å²) in [5.74, 6) is -0.164. The van der Waals surface area contributed by atoms with Crippen molar-refractivity contribution < 1.29 is 9.90 Å². The number of thiophene rings is 1. The highest BCUT2D eigenvalue weighted by atomic mass is 79.9. The van der Waals surface area contributed by atoms with Gasteiger partial charge in [-0.15, -0.1) is 11.3 Å². The fourth-order valence-corrected chi connectivity index (χ4v) is 2.24. The van der Waals surface area contributed by atoms with E-state index in [4.69, 9.17) is 0 Å². The lowest BCUT2D eigenvalue weighted by Gasteiger charge is -1.99. The van der Waals surface area contributed by atoms with Gasteiger partial charge in [-0.25, -0.2) is 5.43 Å². The van der Waals surface area contributed by atoms with Crippen molar-refractivity contribution in [3.8, 4) is 5.75 Å². The van der Waals surface area contributed by atoms with Crippen LogP contribution >= 0.6 is 27.3 Å². The van der Waals surface area contributed by atoms with Crippen molar-refractivity contribution >= 4 is 39.4 Å². The summed E-state index contributed by atoms with van der Waals surface area (Å²) in [4.78, 5) is 12.2. The van der Waals surface area contributed by atoms with Crippen molar-refractivity contribution in [2.45, 2.75) is 0 Å². The number of carbonyl (C=O) groups excluding carboxylic acids is 1. The first-order valence-corrected chi connectivity index (χ1v) is 6.69. The van der Waals surface area contributed by atoms with Crippen molar-refractivity contribution in [2.24, 2.45) is 5.10 Å². The Bertz CT molecular complexity index is 582. The van der Waals surface area contributed by atoms with E-state index in [1.54, 1.807) is 30.3 Å². The second-order valence-electron chi connectivity index (χ2n) is 3.38. The van der Waals surface area contributed by atoms with Crippen LogP contribution in [-0.2, 0) is 0 Å². The molecule has 0 radical (unpaired) electrons. The van der Waals surface area contributed by atoms with E-state index in [1.807, 2.05) is 5.38 Å². The topological polar surface area (TPSA) is 61.7 Å². The fourth-order valence-electron chi connectivity index (χ4n) is 1.25. The lowest BCUT2D eigenvalue weighted by Crippen LogP contribution is -2.16. The Hall–Kier alpha value is -1.66. The normalized spacial score (nSPS) is 10.7. The number of benzene rings is 1. The summed E-state index contributed by atoms with van der Waals surface area (Å²) in [6.07, 6.45) is 1.39. The summed E-state index contributed by atoms with van der Waals surface area (Å²) < 4.78 is 0.825. The molecule has 2 N–H and O–H groups in total. The molecule has 2 rings (SSSR count). The molecule has 0 aliphatic rings. The Morgan fingerprint density at radius 2 is 2.28 bits per heavy atom. The van der Waals surface area contributed by atoms with Crippen molar-refractivity contribution in [1.82, 2.24) is 5.43 Å². The summed E-state index contributed by atoms with van der Waals surface area (Å²) >= 11 is 4.63. The van der Waals surface area contributed by atoms with Crippen molar-refractivity contribution in [3.63, 3.8) is 0 Å². The zero-order chi connectivity index (χ0) is 13.0. The molecule has 1 amide bonds. The number of aromatic hydroxyl groups is 1. The van der Waals surface area contributed by atoms with Gasteiger partial charge in [0.1, 0.15) is 5.75 Å². The van der Waals surface area contributed by atoms with Crippen LogP contribution in [0.5, 0.6) is 5.75 Å². The number of nitrogens with one attached hydrogen (secondary N) is 1. The zero-order valence-corrected chi connectivity index (χ0v) is 11.5. The molecule has 18 heavy (non-hydrogen) atoms. The molecule has 2 aromatic rings. The van der Waals surface area contributed by atoms with Gasteiger partial charge in [-0.1, -0.05) is 22.0 Å². The number of hydrogen-bond donors (Lipinski definition) is 2. The molecule has 1 aromatic carbocycles. The summed E-state index contributed by atoms with van der Waals surface area (Å²) in [5.41, 5.74) is 2.92. The molecule has 0 aliphatic carbocycles. The number of hydrogen-bond acceptors (Lipinski definition) is 4. The molecule has 92 valence electrons. The summed E-state index contributed by atoms with van der Waals surface area (Å²) in [6.45, 7) is 0. The highest BCUT2D eigenvalue weighted by molar-refractivity contribution is 9.10. The first-order chi connectivity index (χ1) is 8.66. The minimum absolute atomic E-state index is 0.104. The zero-order valence-electron chi connectivity index (χ0n) is 9.13. The molecule has 0 saturated carbocycles. The molecule has 0 spiro atoms. The number of nitrogens with zero attached hydrogens (tertiary/aromatic N) is 1. The van der Waals surface area contributed by atoms with Crippen LogP contribution in [0.15, 0.2) is 45.3 Å². The number of phenols is 1. The van der Waals surface area contributed by atoms with Crippen LogP contribution in [0.3, 0.4) is 0 Å². The number of rotatable bonds is 3. The maximum absolute atomic E-state index is 11.6. The third-order valence-electron chi connectivity index (χ3n) is 2.10. The molecule has 6 heteroatoms. The van der Waals surface area contributed by atoms with E-state index in [9.17, 15) is 9.90 Å². The van der Waals surface area contributed by atoms with Crippen LogP contribution < -0.4 is 5.43 Å². The largest absolute Gasteiger partial charge is 0.507 e. The molecule has 4 nitrogen and oxygen atoms in total. The van der Waals surface area contributed by atoms with Gasteiger partial charge in [-0.3, -0.25) is 4.79 Å². The average Bonchev–Trinajstić information content (AvgIpc) is 2.87. The summed E-state index contributed by atoms with van der Waals surface area (Å²) in [7, 11) is 0. The van der Waals surface area contributed by atoms with Crippen molar-refractivity contribution in [1.29, 1.82) is 0 Å². The number of amides is 1. The smallest absolute Gasteiger partial charge is 0.281 e. The van der Waals surface area contributed by atoms with Gasteiger partial charge in [0.15, 0.2) is 0 Å². The standard InChI is InChI=1S/C12H9BrN2O2S/c13-9-3-4-10(16)8(6-9)7-14-15-12(17)11-2-1-5-18-11/h1-7,16H,(H,15,17)/b14-7+. The quantitative estimate of drug-likeness (QED) is 0.673. The number of carbonyl (C=O) groups is 1. The molecular formula is C12H9BrN2O2S. The molecular weight excluding hydrogens is 316 g/mol. The number of hydrazone groups is 1. The van der Waals surface area contributed by atoms with Crippen molar-refractivity contribution in [3.05, 3.63) is 50.6 Å². The van der Waals surface area contributed by atoms with E-state index < -0.39 is 0 Å². The molecule has 0 atom stereocenters. The Balaban J connectivity index is 2.03. The molecule has 0 bridgehead atoms. The molecule has 0 saturated heterocycles. The monoisotopic (exact) mass is 324 g/mol.